The zero-order valence-corrected chi connectivity index (χ0v) is 16.4. The maximum atomic E-state index is 12.2. The molecule has 0 unspecified atom stereocenters. The van der Waals surface area contributed by atoms with Crippen molar-refractivity contribution in [3.63, 3.8) is 0 Å². The molecule has 6 nitrogen and oxygen atoms in total. The van der Waals surface area contributed by atoms with Crippen LogP contribution in [0, 0.1) is 0 Å². The summed E-state index contributed by atoms with van der Waals surface area (Å²) in [7, 11) is -0.827. The summed E-state index contributed by atoms with van der Waals surface area (Å²) in [5.74, 6) is 0.389. The topological polar surface area (TPSA) is 78.9 Å². The van der Waals surface area contributed by atoms with E-state index < -0.39 is 16.3 Å². The highest BCUT2D eigenvalue weighted by Gasteiger charge is 2.18. The monoisotopic (exact) mass is 428 g/mol. The molecule has 0 saturated carbocycles. The van der Waals surface area contributed by atoms with E-state index in [4.69, 9.17) is 4.74 Å². The molecule has 0 spiro atoms. The van der Waals surface area contributed by atoms with Crippen LogP contribution < -0.4 is 9.46 Å². The Hall–Kier alpha value is -1.61. The number of rotatable bonds is 8. The lowest BCUT2D eigenvalue weighted by atomic mass is 10.1. The number of aliphatic hydroxyl groups excluding tert-OH is 1. The summed E-state index contributed by atoms with van der Waals surface area (Å²) < 4.78 is 33.7. The Balaban J connectivity index is 2.30. The molecule has 2 rings (SSSR count). The maximum absolute atomic E-state index is 12.2. The predicted octanol–water partition coefficient (Wildman–Crippen LogP) is 2.91. The van der Waals surface area contributed by atoms with Crippen LogP contribution in [0.15, 0.2) is 48.5 Å². The number of aliphatic hydroxyl groups is 1. The van der Waals surface area contributed by atoms with Crippen molar-refractivity contribution in [2.24, 2.45) is 0 Å². The van der Waals surface area contributed by atoms with E-state index in [1.165, 1.54) is 14.1 Å². The molecule has 136 valence electrons. The molecule has 2 aromatic carbocycles. The van der Waals surface area contributed by atoms with Gasteiger partial charge in [0, 0.05) is 19.4 Å². The van der Waals surface area contributed by atoms with Crippen LogP contribution in [0.4, 0.5) is 5.69 Å². The second-order valence-corrected chi connectivity index (χ2v) is 8.12. The van der Waals surface area contributed by atoms with Crippen molar-refractivity contribution in [2.45, 2.75) is 12.7 Å². The summed E-state index contributed by atoms with van der Waals surface area (Å²) in [6, 6.07) is 14.5. The fourth-order valence-electron chi connectivity index (χ4n) is 2.02. The van der Waals surface area contributed by atoms with Gasteiger partial charge in [-0.25, -0.2) is 0 Å². The summed E-state index contributed by atoms with van der Waals surface area (Å²) in [4.78, 5) is 0. The Morgan fingerprint density at radius 3 is 2.48 bits per heavy atom. The minimum atomic E-state index is -3.70. The molecule has 0 bridgehead atoms. The fourth-order valence-corrected chi connectivity index (χ4v) is 3.01. The molecule has 0 aliphatic rings. The van der Waals surface area contributed by atoms with Gasteiger partial charge >= 0.3 is 10.2 Å². The van der Waals surface area contributed by atoms with E-state index in [2.05, 4.69) is 20.7 Å². The lowest BCUT2D eigenvalue weighted by Gasteiger charge is -2.18. The number of hydrogen-bond donors (Lipinski definition) is 2. The first-order valence-electron chi connectivity index (χ1n) is 7.58. The van der Waals surface area contributed by atoms with Crippen LogP contribution in [0.5, 0.6) is 5.75 Å². The first-order valence-corrected chi connectivity index (χ1v) is 10.1. The van der Waals surface area contributed by atoms with Crippen LogP contribution in [0.1, 0.15) is 17.2 Å². The zero-order chi connectivity index (χ0) is 18.4. The van der Waals surface area contributed by atoms with E-state index in [9.17, 15) is 13.5 Å². The molecule has 0 heterocycles. The Morgan fingerprint density at radius 2 is 1.88 bits per heavy atom. The molecule has 8 heteroatoms. The molecular formula is C17H21BrN2O4S. The van der Waals surface area contributed by atoms with Gasteiger partial charge in [0.05, 0.1) is 11.8 Å². The first-order chi connectivity index (χ1) is 11.8. The third-order valence-corrected chi connectivity index (χ3v) is 5.54. The summed E-state index contributed by atoms with van der Waals surface area (Å²) in [6.07, 6.45) is -0.745. The number of alkyl halides is 1. The highest BCUT2D eigenvalue weighted by atomic mass is 79.9. The van der Waals surface area contributed by atoms with Gasteiger partial charge in [-0.05, 0) is 23.3 Å². The number of hydrogen-bond acceptors (Lipinski definition) is 4. The van der Waals surface area contributed by atoms with E-state index in [1.807, 2.05) is 30.3 Å². The summed E-state index contributed by atoms with van der Waals surface area (Å²) in [6.45, 7) is 0.303. The third-order valence-electron chi connectivity index (χ3n) is 3.49. The molecule has 2 aromatic rings. The number of nitrogens with one attached hydrogen (secondary N) is 1. The zero-order valence-electron chi connectivity index (χ0n) is 14.0. The lowest BCUT2D eigenvalue weighted by Crippen LogP contribution is -2.29. The van der Waals surface area contributed by atoms with Crippen molar-refractivity contribution < 1.29 is 18.3 Å². The Labute approximate surface area is 156 Å². The molecule has 0 aliphatic heterocycles. The van der Waals surface area contributed by atoms with Crippen LogP contribution in [0.3, 0.4) is 0 Å². The van der Waals surface area contributed by atoms with Crippen LogP contribution in [0.25, 0.3) is 0 Å². The second-order valence-electron chi connectivity index (χ2n) is 5.59. The SMILES string of the molecule is CN(C)S(=O)(=O)Nc1cc([C@@H](O)CBr)ccc1OCc1ccccc1. The minimum absolute atomic E-state index is 0.280. The highest BCUT2D eigenvalue weighted by Crippen LogP contribution is 2.30. The number of nitrogens with zero attached hydrogens (tertiary/aromatic N) is 1. The van der Waals surface area contributed by atoms with Crippen molar-refractivity contribution in [1.29, 1.82) is 0 Å². The molecule has 25 heavy (non-hydrogen) atoms. The molecule has 0 aromatic heterocycles. The van der Waals surface area contributed by atoms with Gasteiger partial charge in [-0.3, -0.25) is 4.72 Å². The van der Waals surface area contributed by atoms with Crippen LogP contribution in [0.2, 0.25) is 0 Å². The molecule has 0 aliphatic carbocycles. The van der Waals surface area contributed by atoms with Crippen molar-refractivity contribution in [2.75, 3.05) is 24.1 Å². The third kappa shape index (κ3) is 5.43. The van der Waals surface area contributed by atoms with Gasteiger partial charge < -0.3 is 9.84 Å². The average molecular weight is 429 g/mol. The van der Waals surface area contributed by atoms with Crippen molar-refractivity contribution in [1.82, 2.24) is 4.31 Å². The highest BCUT2D eigenvalue weighted by molar-refractivity contribution is 9.09. The van der Waals surface area contributed by atoms with Gasteiger partial charge in [-0.2, -0.15) is 12.7 Å². The van der Waals surface area contributed by atoms with E-state index >= 15 is 0 Å². The average Bonchev–Trinajstić information content (AvgIpc) is 2.60. The lowest BCUT2D eigenvalue weighted by molar-refractivity contribution is 0.205. The van der Waals surface area contributed by atoms with E-state index in [0.717, 1.165) is 9.87 Å². The van der Waals surface area contributed by atoms with Crippen LogP contribution >= 0.6 is 15.9 Å². The Morgan fingerprint density at radius 1 is 1.20 bits per heavy atom. The van der Waals surface area contributed by atoms with Crippen molar-refractivity contribution in [3.05, 3.63) is 59.7 Å². The molecule has 0 amide bonds. The van der Waals surface area contributed by atoms with Gasteiger partial charge in [0.15, 0.2) is 0 Å². The summed E-state index contributed by atoms with van der Waals surface area (Å²) in [5, 5.41) is 10.3. The Bertz CT molecular complexity index is 798. The molecule has 0 saturated heterocycles. The van der Waals surface area contributed by atoms with Gasteiger partial charge in [0.2, 0.25) is 0 Å². The van der Waals surface area contributed by atoms with Gasteiger partial charge in [-0.1, -0.05) is 52.3 Å². The van der Waals surface area contributed by atoms with Gasteiger partial charge in [0.1, 0.15) is 12.4 Å². The van der Waals surface area contributed by atoms with Crippen LogP contribution in [-0.2, 0) is 16.8 Å². The van der Waals surface area contributed by atoms with E-state index in [1.54, 1.807) is 18.2 Å². The van der Waals surface area contributed by atoms with Crippen LogP contribution in [-0.4, -0.2) is 37.3 Å². The Kier molecular flexibility index (Phi) is 6.83. The standard InChI is InChI=1S/C17H21BrN2O4S/c1-20(2)25(22,23)19-15-10-14(16(21)11-18)8-9-17(15)24-12-13-6-4-3-5-7-13/h3-10,16,19,21H,11-12H2,1-2H3/t16-/m0/s1. The second kappa shape index (κ2) is 8.66. The van der Waals surface area contributed by atoms with Crippen molar-refractivity contribution >= 4 is 31.8 Å². The summed E-state index contributed by atoms with van der Waals surface area (Å²) >= 11 is 3.21. The molecule has 0 fully saturated rings. The smallest absolute Gasteiger partial charge is 0.301 e. The molecular weight excluding hydrogens is 408 g/mol. The number of anilines is 1. The maximum Gasteiger partial charge on any atom is 0.301 e. The van der Waals surface area contributed by atoms with Crippen molar-refractivity contribution in [3.8, 4) is 5.75 Å². The normalized spacial score (nSPS) is 12.8. The number of ether oxygens (including phenoxy) is 1. The summed E-state index contributed by atoms with van der Waals surface area (Å²) in [5.41, 5.74) is 1.83. The first kappa shape index (κ1) is 19.7. The molecule has 1 atom stereocenters. The minimum Gasteiger partial charge on any atom is -0.487 e. The van der Waals surface area contributed by atoms with Gasteiger partial charge in [0.25, 0.3) is 0 Å². The quantitative estimate of drug-likeness (QED) is 0.633. The van der Waals surface area contributed by atoms with E-state index in [0.29, 0.717) is 23.2 Å². The number of halogens is 1. The van der Waals surface area contributed by atoms with E-state index in [-0.39, 0.29) is 5.69 Å². The largest absolute Gasteiger partial charge is 0.487 e. The number of benzene rings is 2. The van der Waals surface area contributed by atoms with Gasteiger partial charge in [-0.15, -0.1) is 0 Å². The predicted molar refractivity (Wildman–Crippen MR) is 102 cm³/mol. The fraction of sp³-hybridized carbons (Fsp3) is 0.294. The molecule has 2 N–H and O–H groups in total. The molecule has 0 radical (unpaired) electrons.